The fourth-order valence-corrected chi connectivity index (χ4v) is 2.05. The molecule has 1 N–H and O–H groups in total. The second kappa shape index (κ2) is 4.17. The summed E-state index contributed by atoms with van der Waals surface area (Å²) in [6.07, 6.45) is 1.84. The van der Waals surface area contributed by atoms with Crippen molar-refractivity contribution in [3.63, 3.8) is 0 Å². The van der Waals surface area contributed by atoms with E-state index in [-0.39, 0.29) is 0 Å². The van der Waals surface area contributed by atoms with Crippen molar-refractivity contribution >= 4 is 11.3 Å². The largest absolute Gasteiger partial charge is 0.379 e. The molecule has 1 aliphatic rings. The maximum Gasteiger partial charge on any atom is 0.106 e. The van der Waals surface area contributed by atoms with Gasteiger partial charge >= 0.3 is 0 Å². The molecule has 0 amide bonds. The molecule has 0 radical (unpaired) electrons. The fraction of sp³-hybridized carbons (Fsp3) is 0.667. The monoisotopic (exact) mass is 198 g/mol. The molecule has 1 aromatic heterocycles. The number of hydrogen-bond acceptors (Lipinski definition) is 4. The zero-order chi connectivity index (χ0) is 9.10. The summed E-state index contributed by atoms with van der Waals surface area (Å²) >= 11 is 1.69. The van der Waals surface area contributed by atoms with Crippen LogP contribution < -0.4 is 5.32 Å². The van der Waals surface area contributed by atoms with Gasteiger partial charge in [-0.2, -0.15) is 0 Å². The van der Waals surface area contributed by atoms with E-state index in [1.165, 1.54) is 0 Å². The number of thiazole rings is 1. The van der Waals surface area contributed by atoms with Crippen LogP contribution in [0.5, 0.6) is 0 Å². The molecule has 1 fully saturated rings. The molecule has 3 nitrogen and oxygen atoms in total. The van der Waals surface area contributed by atoms with Crippen LogP contribution in [-0.4, -0.2) is 24.2 Å². The molecular formula is C9H14N2OS. The fourth-order valence-electron chi connectivity index (χ4n) is 1.48. The molecule has 0 aliphatic carbocycles. The first kappa shape index (κ1) is 9.12. The Labute approximate surface area is 82.1 Å². The topological polar surface area (TPSA) is 34.1 Å². The smallest absolute Gasteiger partial charge is 0.106 e. The van der Waals surface area contributed by atoms with E-state index in [0.29, 0.717) is 12.0 Å². The highest BCUT2D eigenvalue weighted by atomic mass is 32.1. The predicted octanol–water partition coefficient (Wildman–Crippen LogP) is 1.27. The SMILES string of the molecule is CC1COCC1NCc1nccs1. The van der Waals surface area contributed by atoms with Gasteiger partial charge in [0, 0.05) is 24.2 Å². The maximum atomic E-state index is 5.36. The first-order valence-corrected chi connectivity index (χ1v) is 5.43. The van der Waals surface area contributed by atoms with Crippen molar-refractivity contribution in [1.29, 1.82) is 0 Å². The van der Waals surface area contributed by atoms with Crippen molar-refractivity contribution in [2.45, 2.75) is 19.5 Å². The number of ether oxygens (including phenoxy) is 1. The van der Waals surface area contributed by atoms with Crippen molar-refractivity contribution in [3.05, 3.63) is 16.6 Å². The van der Waals surface area contributed by atoms with E-state index in [4.69, 9.17) is 4.74 Å². The van der Waals surface area contributed by atoms with Gasteiger partial charge in [-0.1, -0.05) is 6.92 Å². The second-order valence-corrected chi connectivity index (χ2v) is 4.41. The first-order chi connectivity index (χ1) is 6.36. The molecule has 1 aromatic rings. The number of aromatic nitrogens is 1. The summed E-state index contributed by atoms with van der Waals surface area (Å²) in [5, 5.41) is 6.61. The molecule has 13 heavy (non-hydrogen) atoms. The molecule has 2 heterocycles. The van der Waals surface area contributed by atoms with Gasteiger partial charge in [-0.25, -0.2) is 4.98 Å². The molecule has 2 atom stereocenters. The van der Waals surface area contributed by atoms with Crippen molar-refractivity contribution in [3.8, 4) is 0 Å². The summed E-state index contributed by atoms with van der Waals surface area (Å²) in [5.74, 6) is 0.625. The molecule has 0 spiro atoms. The highest BCUT2D eigenvalue weighted by molar-refractivity contribution is 7.09. The van der Waals surface area contributed by atoms with Gasteiger partial charge in [0.05, 0.1) is 13.2 Å². The highest BCUT2D eigenvalue weighted by Crippen LogP contribution is 2.13. The third kappa shape index (κ3) is 2.27. The summed E-state index contributed by atoms with van der Waals surface area (Å²) in [6.45, 7) is 4.81. The summed E-state index contributed by atoms with van der Waals surface area (Å²) in [6, 6.07) is 0.504. The van der Waals surface area contributed by atoms with E-state index in [2.05, 4.69) is 17.2 Å². The Morgan fingerprint density at radius 2 is 2.62 bits per heavy atom. The summed E-state index contributed by atoms with van der Waals surface area (Å²) in [4.78, 5) is 4.22. The van der Waals surface area contributed by atoms with Crippen LogP contribution in [-0.2, 0) is 11.3 Å². The Kier molecular flexibility index (Phi) is 2.93. The standard InChI is InChI=1S/C9H14N2OS/c1-7-5-12-6-8(7)11-4-9-10-2-3-13-9/h2-3,7-8,11H,4-6H2,1H3. The van der Waals surface area contributed by atoms with Gasteiger partial charge in [0.1, 0.15) is 5.01 Å². The number of hydrogen-bond donors (Lipinski definition) is 1. The molecule has 1 saturated heterocycles. The second-order valence-electron chi connectivity index (χ2n) is 3.43. The normalized spacial score (nSPS) is 28.1. The van der Waals surface area contributed by atoms with Crippen LogP contribution in [0, 0.1) is 5.92 Å². The average Bonchev–Trinajstić information content (AvgIpc) is 2.72. The Hall–Kier alpha value is -0.450. The lowest BCUT2D eigenvalue weighted by atomic mass is 10.1. The van der Waals surface area contributed by atoms with E-state index in [0.717, 1.165) is 24.8 Å². The molecule has 4 heteroatoms. The van der Waals surface area contributed by atoms with E-state index in [1.54, 1.807) is 11.3 Å². The Balaban J connectivity index is 1.79. The summed E-state index contributed by atoms with van der Waals surface area (Å²) < 4.78 is 5.36. The van der Waals surface area contributed by atoms with Crippen LogP contribution in [0.3, 0.4) is 0 Å². The Morgan fingerprint density at radius 3 is 3.23 bits per heavy atom. The predicted molar refractivity (Wildman–Crippen MR) is 52.7 cm³/mol. The quantitative estimate of drug-likeness (QED) is 0.794. The highest BCUT2D eigenvalue weighted by Gasteiger charge is 2.23. The van der Waals surface area contributed by atoms with E-state index < -0.39 is 0 Å². The van der Waals surface area contributed by atoms with Crippen molar-refractivity contribution in [2.24, 2.45) is 5.92 Å². The lowest BCUT2D eigenvalue weighted by molar-refractivity contribution is 0.184. The number of rotatable bonds is 3. The molecule has 2 unspecified atom stereocenters. The van der Waals surface area contributed by atoms with Crippen LogP contribution in [0.15, 0.2) is 11.6 Å². The maximum absolute atomic E-state index is 5.36. The van der Waals surface area contributed by atoms with E-state index in [9.17, 15) is 0 Å². The minimum Gasteiger partial charge on any atom is -0.379 e. The Bertz CT molecular complexity index is 250. The van der Waals surface area contributed by atoms with Gasteiger partial charge in [-0.3, -0.25) is 0 Å². The van der Waals surface area contributed by atoms with Gasteiger partial charge in [0.2, 0.25) is 0 Å². The minimum absolute atomic E-state index is 0.504. The molecular weight excluding hydrogens is 184 g/mol. The van der Waals surface area contributed by atoms with E-state index >= 15 is 0 Å². The van der Waals surface area contributed by atoms with Crippen molar-refractivity contribution in [2.75, 3.05) is 13.2 Å². The minimum atomic E-state index is 0.504. The lowest BCUT2D eigenvalue weighted by Gasteiger charge is -2.13. The van der Waals surface area contributed by atoms with Gasteiger partial charge in [-0.05, 0) is 5.92 Å². The number of nitrogens with one attached hydrogen (secondary N) is 1. The van der Waals surface area contributed by atoms with Crippen LogP contribution in [0.1, 0.15) is 11.9 Å². The van der Waals surface area contributed by atoms with Gasteiger partial charge < -0.3 is 10.1 Å². The molecule has 2 rings (SSSR count). The van der Waals surface area contributed by atoms with Crippen LogP contribution in [0.2, 0.25) is 0 Å². The average molecular weight is 198 g/mol. The summed E-state index contributed by atoms with van der Waals surface area (Å²) in [5.41, 5.74) is 0. The molecule has 0 aromatic carbocycles. The molecule has 1 aliphatic heterocycles. The molecule has 0 bridgehead atoms. The Morgan fingerprint density at radius 1 is 1.69 bits per heavy atom. The van der Waals surface area contributed by atoms with Crippen molar-refractivity contribution < 1.29 is 4.74 Å². The van der Waals surface area contributed by atoms with Crippen LogP contribution in [0.25, 0.3) is 0 Å². The number of nitrogens with zero attached hydrogens (tertiary/aromatic N) is 1. The third-order valence-corrected chi connectivity index (χ3v) is 3.14. The van der Waals surface area contributed by atoms with Gasteiger partial charge in [0.25, 0.3) is 0 Å². The summed E-state index contributed by atoms with van der Waals surface area (Å²) in [7, 11) is 0. The molecule has 72 valence electrons. The van der Waals surface area contributed by atoms with Gasteiger partial charge in [-0.15, -0.1) is 11.3 Å². The zero-order valence-electron chi connectivity index (χ0n) is 7.69. The van der Waals surface area contributed by atoms with Crippen molar-refractivity contribution in [1.82, 2.24) is 10.3 Å². The van der Waals surface area contributed by atoms with Gasteiger partial charge in [0.15, 0.2) is 0 Å². The first-order valence-electron chi connectivity index (χ1n) is 4.56. The van der Waals surface area contributed by atoms with E-state index in [1.807, 2.05) is 11.6 Å². The molecule has 0 saturated carbocycles. The van der Waals surface area contributed by atoms with Crippen LogP contribution >= 0.6 is 11.3 Å². The van der Waals surface area contributed by atoms with Crippen LogP contribution in [0.4, 0.5) is 0 Å². The zero-order valence-corrected chi connectivity index (χ0v) is 8.51. The lowest BCUT2D eigenvalue weighted by Crippen LogP contribution is -2.33. The third-order valence-electron chi connectivity index (χ3n) is 2.36.